The summed E-state index contributed by atoms with van der Waals surface area (Å²) in [5.41, 5.74) is 1.53. The van der Waals surface area contributed by atoms with E-state index in [1.165, 1.54) is 31.3 Å². The summed E-state index contributed by atoms with van der Waals surface area (Å²) in [6.07, 6.45) is 8.51. The van der Waals surface area contributed by atoms with Crippen LogP contribution in [-0.2, 0) is 4.79 Å². The average Bonchev–Trinajstić information content (AvgIpc) is 2.30. The van der Waals surface area contributed by atoms with Gasteiger partial charge in [0.2, 0.25) is 5.91 Å². The van der Waals surface area contributed by atoms with Gasteiger partial charge in [0.25, 0.3) is 0 Å². The van der Waals surface area contributed by atoms with E-state index in [4.69, 9.17) is 0 Å². The minimum atomic E-state index is 0.187. The maximum Gasteiger partial charge on any atom is 0.230 e. The molecule has 1 aliphatic rings. The summed E-state index contributed by atoms with van der Waals surface area (Å²) >= 11 is 1.73. The average molecular weight is 255 g/mol. The van der Waals surface area contributed by atoms with E-state index in [1.807, 2.05) is 0 Å². The van der Waals surface area contributed by atoms with E-state index in [0.717, 1.165) is 18.7 Å². The molecule has 0 aromatic heterocycles. The third-order valence-electron chi connectivity index (χ3n) is 2.84. The molecule has 0 saturated heterocycles. The van der Waals surface area contributed by atoms with Gasteiger partial charge in [0.05, 0.1) is 5.75 Å². The van der Waals surface area contributed by atoms with Gasteiger partial charge in [-0.25, -0.2) is 0 Å². The highest BCUT2D eigenvalue weighted by Gasteiger charge is 2.05. The molecule has 0 heterocycles. The van der Waals surface area contributed by atoms with Crippen molar-refractivity contribution in [2.45, 2.75) is 46.0 Å². The first-order chi connectivity index (χ1) is 8.18. The summed E-state index contributed by atoms with van der Waals surface area (Å²) < 4.78 is 0. The zero-order chi connectivity index (χ0) is 12.5. The molecule has 0 aromatic rings. The summed E-state index contributed by atoms with van der Waals surface area (Å²) in [5.74, 6) is 2.53. The van der Waals surface area contributed by atoms with Crippen LogP contribution in [0, 0.1) is 5.92 Å². The zero-order valence-electron chi connectivity index (χ0n) is 11.1. The van der Waals surface area contributed by atoms with E-state index in [1.54, 1.807) is 11.8 Å². The highest BCUT2D eigenvalue weighted by molar-refractivity contribution is 7.99. The van der Waals surface area contributed by atoms with Crippen LogP contribution in [0.5, 0.6) is 0 Å². The molecule has 1 amide bonds. The van der Waals surface area contributed by atoms with Gasteiger partial charge in [0.15, 0.2) is 0 Å². The Kier molecular flexibility index (Phi) is 7.41. The Morgan fingerprint density at radius 1 is 1.47 bits per heavy atom. The number of thioether (sulfide) groups is 1. The molecule has 98 valence electrons. The minimum Gasteiger partial charge on any atom is -0.355 e. The molecular formula is C14H25NOS. The van der Waals surface area contributed by atoms with Crippen LogP contribution in [-0.4, -0.2) is 24.0 Å². The van der Waals surface area contributed by atoms with Crippen LogP contribution in [0.2, 0.25) is 0 Å². The fourth-order valence-corrected chi connectivity index (χ4v) is 2.81. The van der Waals surface area contributed by atoms with Gasteiger partial charge in [-0.05, 0) is 43.8 Å². The van der Waals surface area contributed by atoms with Crippen molar-refractivity contribution in [3.8, 4) is 0 Å². The van der Waals surface area contributed by atoms with Gasteiger partial charge in [-0.2, -0.15) is 11.8 Å². The van der Waals surface area contributed by atoms with Gasteiger partial charge in [0.1, 0.15) is 0 Å². The molecule has 0 aliphatic heterocycles. The van der Waals surface area contributed by atoms with Gasteiger partial charge in [-0.1, -0.05) is 25.5 Å². The molecule has 0 bridgehead atoms. The smallest absolute Gasteiger partial charge is 0.230 e. The van der Waals surface area contributed by atoms with E-state index >= 15 is 0 Å². The van der Waals surface area contributed by atoms with Crippen LogP contribution in [0.3, 0.4) is 0 Å². The van der Waals surface area contributed by atoms with Crippen LogP contribution in [0.25, 0.3) is 0 Å². The Balaban J connectivity index is 2.01. The summed E-state index contributed by atoms with van der Waals surface area (Å²) in [4.78, 5) is 11.5. The molecule has 2 nitrogen and oxygen atoms in total. The molecule has 0 aromatic carbocycles. The maximum atomic E-state index is 11.5. The lowest BCUT2D eigenvalue weighted by atomic mass is 9.97. The molecular weight excluding hydrogens is 230 g/mol. The largest absolute Gasteiger partial charge is 0.355 e. The summed E-state index contributed by atoms with van der Waals surface area (Å²) in [5, 5.41) is 3.00. The SMILES string of the molecule is CC(C)CSCC(=O)NCCC1=CCCCC1. The third kappa shape index (κ3) is 7.48. The number of carbonyl (C=O) groups excluding carboxylic acids is 1. The van der Waals surface area contributed by atoms with E-state index in [-0.39, 0.29) is 5.91 Å². The van der Waals surface area contributed by atoms with Crippen molar-refractivity contribution in [2.24, 2.45) is 5.92 Å². The quantitative estimate of drug-likeness (QED) is 0.707. The fraction of sp³-hybridized carbons (Fsp3) is 0.786. The van der Waals surface area contributed by atoms with E-state index in [2.05, 4.69) is 25.2 Å². The van der Waals surface area contributed by atoms with Crippen molar-refractivity contribution in [2.75, 3.05) is 18.1 Å². The van der Waals surface area contributed by atoms with Gasteiger partial charge in [0, 0.05) is 6.54 Å². The van der Waals surface area contributed by atoms with Gasteiger partial charge in [-0.3, -0.25) is 4.79 Å². The predicted octanol–water partition coefficient (Wildman–Crippen LogP) is 3.38. The Bertz CT molecular complexity index is 261. The topological polar surface area (TPSA) is 29.1 Å². The summed E-state index contributed by atoms with van der Waals surface area (Å²) in [7, 11) is 0. The molecule has 0 atom stereocenters. The lowest BCUT2D eigenvalue weighted by molar-refractivity contribution is -0.118. The van der Waals surface area contributed by atoms with Crippen molar-refractivity contribution in [1.82, 2.24) is 5.32 Å². The summed E-state index contributed by atoms with van der Waals surface area (Å²) in [6, 6.07) is 0. The number of hydrogen-bond donors (Lipinski definition) is 1. The molecule has 0 spiro atoms. The van der Waals surface area contributed by atoms with Gasteiger partial charge < -0.3 is 5.32 Å². The van der Waals surface area contributed by atoms with Crippen LogP contribution in [0.1, 0.15) is 46.0 Å². The fourth-order valence-electron chi connectivity index (χ4n) is 1.93. The van der Waals surface area contributed by atoms with Crippen LogP contribution >= 0.6 is 11.8 Å². The molecule has 0 radical (unpaired) electrons. The first-order valence-electron chi connectivity index (χ1n) is 6.71. The van der Waals surface area contributed by atoms with Crippen molar-refractivity contribution in [3.63, 3.8) is 0 Å². The van der Waals surface area contributed by atoms with Crippen LogP contribution in [0.4, 0.5) is 0 Å². The second-order valence-corrected chi connectivity index (χ2v) is 6.15. The molecule has 1 N–H and O–H groups in total. The Morgan fingerprint density at radius 3 is 2.94 bits per heavy atom. The van der Waals surface area contributed by atoms with Crippen molar-refractivity contribution < 1.29 is 4.79 Å². The molecule has 1 rings (SSSR count). The normalized spacial score (nSPS) is 15.8. The predicted molar refractivity (Wildman–Crippen MR) is 76.3 cm³/mol. The van der Waals surface area contributed by atoms with Gasteiger partial charge in [-0.15, -0.1) is 0 Å². The monoisotopic (exact) mass is 255 g/mol. The molecule has 17 heavy (non-hydrogen) atoms. The Morgan fingerprint density at radius 2 is 2.29 bits per heavy atom. The van der Waals surface area contributed by atoms with Crippen molar-refractivity contribution >= 4 is 17.7 Å². The highest BCUT2D eigenvalue weighted by Crippen LogP contribution is 2.19. The van der Waals surface area contributed by atoms with E-state index < -0.39 is 0 Å². The third-order valence-corrected chi connectivity index (χ3v) is 4.21. The molecule has 0 saturated carbocycles. The highest BCUT2D eigenvalue weighted by atomic mass is 32.2. The first-order valence-corrected chi connectivity index (χ1v) is 7.86. The van der Waals surface area contributed by atoms with Gasteiger partial charge >= 0.3 is 0 Å². The number of amides is 1. The lowest BCUT2D eigenvalue weighted by Gasteiger charge is -2.13. The zero-order valence-corrected chi connectivity index (χ0v) is 11.9. The number of hydrogen-bond acceptors (Lipinski definition) is 2. The van der Waals surface area contributed by atoms with E-state index in [0.29, 0.717) is 11.7 Å². The number of allylic oxidation sites excluding steroid dienone is 1. The first kappa shape index (κ1) is 14.6. The van der Waals surface area contributed by atoms with Crippen LogP contribution < -0.4 is 5.32 Å². The van der Waals surface area contributed by atoms with E-state index in [9.17, 15) is 4.79 Å². The van der Waals surface area contributed by atoms with Crippen molar-refractivity contribution in [1.29, 1.82) is 0 Å². The number of rotatable bonds is 7. The lowest BCUT2D eigenvalue weighted by Crippen LogP contribution is -2.26. The Labute approximate surface area is 110 Å². The molecule has 0 fully saturated rings. The molecule has 1 aliphatic carbocycles. The second kappa shape index (κ2) is 8.62. The summed E-state index contributed by atoms with van der Waals surface area (Å²) in [6.45, 7) is 5.17. The number of nitrogens with one attached hydrogen (secondary N) is 1. The standard InChI is InChI=1S/C14H25NOS/c1-12(2)10-17-11-14(16)15-9-8-13-6-4-3-5-7-13/h6,12H,3-5,7-11H2,1-2H3,(H,15,16). The second-order valence-electron chi connectivity index (χ2n) is 5.12. The maximum absolute atomic E-state index is 11.5. The number of carbonyl (C=O) groups is 1. The minimum absolute atomic E-state index is 0.187. The van der Waals surface area contributed by atoms with Crippen molar-refractivity contribution in [3.05, 3.63) is 11.6 Å². The molecule has 0 unspecified atom stereocenters. The van der Waals surface area contributed by atoms with Crippen LogP contribution in [0.15, 0.2) is 11.6 Å². The Hall–Kier alpha value is -0.440. The molecule has 3 heteroatoms.